The minimum Gasteiger partial charge on any atom is -0.444 e. The van der Waals surface area contributed by atoms with E-state index in [1.165, 1.54) is 31.3 Å². The SMILES string of the molecule is Cn1cnnc1C(F)(F)C(C)(O)c1cccc(NC(=O)OC(C)(C)C)c1. The molecule has 1 atom stereocenters. The molecule has 2 aromatic rings. The molecule has 0 saturated heterocycles. The van der Waals surface area contributed by atoms with Crippen LogP contribution >= 0.6 is 0 Å². The van der Waals surface area contributed by atoms with Crippen molar-refractivity contribution >= 4 is 11.8 Å². The minimum atomic E-state index is -3.72. The highest BCUT2D eigenvalue weighted by Gasteiger charge is 2.54. The van der Waals surface area contributed by atoms with Crippen LogP contribution in [0.5, 0.6) is 0 Å². The lowest BCUT2D eigenvalue weighted by molar-refractivity contribution is -0.191. The van der Waals surface area contributed by atoms with Gasteiger partial charge in [0, 0.05) is 12.7 Å². The van der Waals surface area contributed by atoms with Crippen molar-refractivity contribution in [1.29, 1.82) is 0 Å². The van der Waals surface area contributed by atoms with Crippen LogP contribution in [-0.4, -0.2) is 31.6 Å². The van der Waals surface area contributed by atoms with Crippen molar-refractivity contribution in [3.8, 4) is 0 Å². The molecule has 1 amide bonds. The van der Waals surface area contributed by atoms with Crippen molar-refractivity contribution in [2.45, 2.75) is 44.8 Å². The van der Waals surface area contributed by atoms with Crippen molar-refractivity contribution in [2.24, 2.45) is 7.05 Å². The van der Waals surface area contributed by atoms with Crippen LogP contribution in [0.2, 0.25) is 0 Å². The van der Waals surface area contributed by atoms with Crippen LogP contribution < -0.4 is 5.32 Å². The maximum absolute atomic E-state index is 14.8. The van der Waals surface area contributed by atoms with E-state index in [0.717, 1.165) is 17.8 Å². The maximum atomic E-state index is 14.8. The van der Waals surface area contributed by atoms with Gasteiger partial charge < -0.3 is 14.4 Å². The first kappa shape index (κ1) is 19.8. The summed E-state index contributed by atoms with van der Waals surface area (Å²) in [5.74, 6) is -4.39. The Bertz CT molecular complexity index is 797. The molecule has 7 nitrogen and oxygen atoms in total. The maximum Gasteiger partial charge on any atom is 0.412 e. The van der Waals surface area contributed by atoms with Gasteiger partial charge in [-0.3, -0.25) is 5.32 Å². The van der Waals surface area contributed by atoms with Gasteiger partial charge >= 0.3 is 12.0 Å². The van der Waals surface area contributed by atoms with Crippen molar-refractivity contribution in [1.82, 2.24) is 14.8 Å². The van der Waals surface area contributed by atoms with Crippen LogP contribution in [0.3, 0.4) is 0 Å². The first-order valence-electron chi connectivity index (χ1n) is 7.90. The van der Waals surface area contributed by atoms with Gasteiger partial charge in [-0.2, -0.15) is 8.78 Å². The first-order valence-corrected chi connectivity index (χ1v) is 7.90. The third kappa shape index (κ3) is 3.98. The lowest BCUT2D eigenvalue weighted by atomic mass is 9.88. The summed E-state index contributed by atoms with van der Waals surface area (Å²) in [6.45, 7) is 6.09. The molecule has 0 saturated carbocycles. The van der Waals surface area contributed by atoms with Gasteiger partial charge in [-0.1, -0.05) is 12.1 Å². The number of benzene rings is 1. The van der Waals surface area contributed by atoms with Gasteiger partial charge in [-0.15, -0.1) is 10.2 Å². The number of aliphatic hydroxyl groups is 1. The Morgan fingerprint density at radius 1 is 1.27 bits per heavy atom. The Morgan fingerprint density at radius 2 is 1.92 bits per heavy atom. The van der Waals surface area contributed by atoms with E-state index in [4.69, 9.17) is 4.74 Å². The fraction of sp³-hybridized carbons (Fsp3) is 0.471. The molecule has 9 heteroatoms. The predicted molar refractivity (Wildman–Crippen MR) is 90.8 cm³/mol. The summed E-state index contributed by atoms with van der Waals surface area (Å²) in [6, 6.07) is 5.55. The Kier molecular flexibility index (Phi) is 5.05. The molecule has 26 heavy (non-hydrogen) atoms. The summed E-state index contributed by atoms with van der Waals surface area (Å²) in [6.07, 6.45) is 0.397. The highest BCUT2D eigenvalue weighted by Crippen LogP contribution is 2.44. The second kappa shape index (κ2) is 6.64. The van der Waals surface area contributed by atoms with Gasteiger partial charge in [0.15, 0.2) is 5.60 Å². The molecule has 0 radical (unpaired) electrons. The Labute approximate surface area is 150 Å². The number of rotatable bonds is 4. The quantitative estimate of drug-likeness (QED) is 0.865. The van der Waals surface area contributed by atoms with Gasteiger partial charge in [0.1, 0.15) is 11.9 Å². The van der Waals surface area contributed by atoms with E-state index in [-0.39, 0.29) is 11.3 Å². The third-order valence-electron chi connectivity index (χ3n) is 3.67. The molecule has 0 fully saturated rings. The molecule has 0 aliphatic rings. The van der Waals surface area contributed by atoms with Crippen LogP contribution in [0.1, 0.15) is 39.1 Å². The predicted octanol–water partition coefficient (Wildman–Crippen LogP) is 3.16. The number of carbonyl (C=O) groups excluding carboxylic acids is 1. The summed E-state index contributed by atoms with van der Waals surface area (Å²) in [7, 11) is 1.36. The smallest absolute Gasteiger partial charge is 0.412 e. The highest BCUT2D eigenvalue weighted by atomic mass is 19.3. The zero-order valence-corrected chi connectivity index (χ0v) is 15.2. The van der Waals surface area contributed by atoms with Crippen LogP contribution in [0.4, 0.5) is 19.3 Å². The van der Waals surface area contributed by atoms with Crippen LogP contribution in [0.25, 0.3) is 0 Å². The molecule has 142 valence electrons. The average molecular weight is 368 g/mol. The molecular formula is C17H22F2N4O3. The number of aryl methyl sites for hydroxylation is 1. The van der Waals surface area contributed by atoms with E-state index in [9.17, 15) is 18.7 Å². The van der Waals surface area contributed by atoms with Crippen molar-refractivity contribution in [3.63, 3.8) is 0 Å². The number of nitrogens with zero attached hydrogens (tertiary/aromatic N) is 3. The Morgan fingerprint density at radius 3 is 2.46 bits per heavy atom. The average Bonchev–Trinajstić information content (AvgIpc) is 2.92. The zero-order chi connectivity index (χ0) is 19.8. The van der Waals surface area contributed by atoms with E-state index < -0.39 is 29.0 Å². The fourth-order valence-electron chi connectivity index (χ4n) is 2.29. The molecule has 1 aromatic heterocycles. The summed E-state index contributed by atoms with van der Waals surface area (Å²) in [5, 5.41) is 19.9. The number of anilines is 1. The van der Waals surface area contributed by atoms with E-state index in [1.807, 2.05) is 0 Å². The number of ether oxygens (including phenoxy) is 1. The number of aromatic nitrogens is 3. The van der Waals surface area contributed by atoms with E-state index in [0.29, 0.717) is 0 Å². The molecule has 2 N–H and O–H groups in total. The number of alkyl halides is 2. The van der Waals surface area contributed by atoms with Gasteiger partial charge in [-0.25, -0.2) is 4.79 Å². The normalized spacial score (nSPS) is 14.6. The second-order valence-electron chi connectivity index (χ2n) is 7.12. The topological polar surface area (TPSA) is 89.3 Å². The molecule has 0 spiro atoms. The highest BCUT2D eigenvalue weighted by molar-refractivity contribution is 5.85. The molecule has 1 aromatic carbocycles. The lowest BCUT2D eigenvalue weighted by Crippen LogP contribution is -2.42. The van der Waals surface area contributed by atoms with Crippen LogP contribution in [-0.2, 0) is 23.3 Å². The first-order chi connectivity index (χ1) is 11.8. The zero-order valence-electron chi connectivity index (χ0n) is 15.2. The van der Waals surface area contributed by atoms with Gasteiger partial charge in [-0.05, 0) is 45.4 Å². The van der Waals surface area contributed by atoms with E-state index >= 15 is 0 Å². The molecule has 2 rings (SSSR count). The summed E-state index contributed by atoms with van der Waals surface area (Å²) >= 11 is 0. The molecule has 1 unspecified atom stereocenters. The summed E-state index contributed by atoms with van der Waals surface area (Å²) in [4.78, 5) is 11.9. The summed E-state index contributed by atoms with van der Waals surface area (Å²) in [5.41, 5.74) is -3.17. The van der Waals surface area contributed by atoms with E-state index in [2.05, 4.69) is 15.5 Å². The number of carbonyl (C=O) groups is 1. The standard InChI is InChI=1S/C17H22F2N4O3/c1-15(2,3)26-14(24)21-12-8-6-7-11(9-12)16(4,25)17(18,19)13-22-20-10-23(13)5/h6-10,25H,1-5H3,(H,21,24). The molecule has 0 bridgehead atoms. The molecular weight excluding hydrogens is 346 g/mol. The number of amides is 1. The van der Waals surface area contributed by atoms with Gasteiger partial charge in [0.25, 0.3) is 0 Å². The number of halogens is 2. The van der Waals surface area contributed by atoms with E-state index in [1.54, 1.807) is 20.8 Å². The van der Waals surface area contributed by atoms with Crippen LogP contribution in [0.15, 0.2) is 30.6 Å². The van der Waals surface area contributed by atoms with Gasteiger partial charge in [0.2, 0.25) is 5.82 Å². The van der Waals surface area contributed by atoms with Gasteiger partial charge in [0.05, 0.1) is 0 Å². The Balaban J connectivity index is 2.31. The second-order valence-corrected chi connectivity index (χ2v) is 7.12. The molecule has 1 heterocycles. The molecule has 0 aliphatic heterocycles. The van der Waals surface area contributed by atoms with Crippen molar-refractivity contribution in [2.75, 3.05) is 5.32 Å². The molecule has 0 aliphatic carbocycles. The number of nitrogens with one attached hydrogen (secondary N) is 1. The van der Waals surface area contributed by atoms with Crippen molar-refractivity contribution in [3.05, 3.63) is 42.0 Å². The number of hydrogen-bond donors (Lipinski definition) is 2. The minimum absolute atomic E-state index is 0.0981. The summed E-state index contributed by atoms with van der Waals surface area (Å²) < 4.78 is 35.9. The lowest BCUT2D eigenvalue weighted by Gasteiger charge is -2.32. The largest absolute Gasteiger partial charge is 0.444 e. The monoisotopic (exact) mass is 368 g/mol. The van der Waals surface area contributed by atoms with Crippen molar-refractivity contribution < 1.29 is 23.4 Å². The number of hydrogen-bond acceptors (Lipinski definition) is 5. The Hall–Kier alpha value is -2.55. The fourth-order valence-corrected chi connectivity index (χ4v) is 2.29. The third-order valence-corrected chi connectivity index (χ3v) is 3.67. The van der Waals surface area contributed by atoms with Crippen LogP contribution in [0, 0.1) is 0 Å².